The molecule has 1 aliphatic heterocycles. The first kappa shape index (κ1) is 4.65. The zero-order chi connectivity index (χ0) is 5.28. The molecule has 0 saturated carbocycles. The van der Waals surface area contributed by atoms with E-state index in [9.17, 15) is 0 Å². The smallest absolute Gasteiger partial charge is 0.102 e. The maximum absolute atomic E-state index is 8.62. The molecule has 0 spiro atoms. The molecule has 0 aromatic heterocycles. The molecule has 0 radical (unpaired) electrons. The monoisotopic (exact) mass is 99.1 g/mol. The van der Waals surface area contributed by atoms with Crippen LogP contribution in [-0.2, 0) is 0 Å². The average Bonchev–Trinajstić information content (AvgIpc) is 1.23. The van der Waals surface area contributed by atoms with E-state index in [1.807, 2.05) is 0 Å². The number of nitrogens with one attached hydrogen (secondary N) is 1. The fourth-order valence-electron chi connectivity index (χ4n) is 0.573. The van der Waals surface area contributed by atoms with Crippen molar-refractivity contribution < 1.29 is 5.11 Å². The molecule has 2 nitrogen and oxygen atoms in total. The summed E-state index contributed by atoms with van der Waals surface area (Å²) in [5, 5.41) is 11.6. The van der Waals surface area contributed by atoms with E-state index in [4.69, 9.17) is 5.11 Å². The zero-order valence-electron chi connectivity index (χ0n) is 4.15. The highest BCUT2D eigenvalue weighted by Crippen LogP contribution is 2.06. The molecule has 1 atom stereocenters. The van der Waals surface area contributed by atoms with Gasteiger partial charge in [0.25, 0.3) is 0 Å². The fourth-order valence-corrected chi connectivity index (χ4v) is 0.573. The number of hydrogen-bond acceptors (Lipinski definition) is 2. The van der Waals surface area contributed by atoms with Gasteiger partial charge < -0.3 is 10.4 Å². The molecule has 1 fully saturated rings. The minimum Gasteiger partial charge on any atom is -0.511 e. The van der Waals surface area contributed by atoms with Crippen molar-refractivity contribution in [3.8, 4) is 0 Å². The Morgan fingerprint density at radius 3 is 2.43 bits per heavy atom. The molecular formula is C5H9NO. The Hall–Kier alpha value is -0.500. The Labute approximate surface area is 42.8 Å². The highest BCUT2D eigenvalue weighted by molar-refractivity contribution is 4.99. The quantitative estimate of drug-likeness (QED) is 0.467. The van der Waals surface area contributed by atoms with Crippen molar-refractivity contribution in [2.24, 2.45) is 0 Å². The van der Waals surface area contributed by atoms with Crippen molar-refractivity contribution in [2.45, 2.75) is 12.5 Å². The Balaban J connectivity index is 2.27. The topological polar surface area (TPSA) is 32.3 Å². The van der Waals surface area contributed by atoms with Crippen LogP contribution >= 0.6 is 0 Å². The Bertz CT molecular complexity index is 86.1. The van der Waals surface area contributed by atoms with Gasteiger partial charge >= 0.3 is 0 Å². The Morgan fingerprint density at radius 2 is 2.43 bits per heavy atom. The second kappa shape index (κ2) is 1.54. The van der Waals surface area contributed by atoms with Crippen LogP contribution in [0, 0.1) is 0 Å². The van der Waals surface area contributed by atoms with E-state index < -0.39 is 0 Å². The van der Waals surface area contributed by atoms with Crippen molar-refractivity contribution in [3.63, 3.8) is 0 Å². The molecule has 0 aromatic rings. The van der Waals surface area contributed by atoms with Crippen LogP contribution in [0.2, 0.25) is 0 Å². The van der Waals surface area contributed by atoms with Gasteiger partial charge in [0.2, 0.25) is 0 Å². The summed E-state index contributed by atoms with van der Waals surface area (Å²) >= 11 is 0. The van der Waals surface area contributed by atoms with Gasteiger partial charge in [-0.2, -0.15) is 0 Å². The third-order valence-corrected chi connectivity index (χ3v) is 1.23. The second-order valence-electron chi connectivity index (χ2n) is 1.79. The standard InChI is InChI=1S/C5H9NO/c1-4(7)5-2-3-6-5/h5-7H,1-3H2/t5-/m1/s1. The first-order valence-corrected chi connectivity index (χ1v) is 2.42. The number of hydrogen-bond donors (Lipinski definition) is 2. The fraction of sp³-hybridized carbons (Fsp3) is 0.600. The summed E-state index contributed by atoms with van der Waals surface area (Å²) in [7, 11) is 0. The molecule has 1 aliphatic rings. The SMILES string of the molecule is C=C(O)[C@H]1CCN1. The molecule has 2 heteroatoms. The molecule has 7 heavy (non-hydrogen) atoms. The first-order chi connectivity index (χ1) is 3.30. The first-order valence-electron chi connectivity index (χ1n) is 2.42. The van der Waals surface area contributed by atoms with Crippen molar-refractivity contribution in [1.29, 1.82) is 0 Å². The summed E-state index contributed by atoms with van der Waals surface area (Å²) in [6.07, 6.45) is 1.04. The number of rotatable bonds is 1. The third kappa shape index (κ3) is 0.747. The lowest BCUT2D eigenvalue weighted by Crippen LogP contribution is -2.43. The summed E-state index contributed by atoms with van der Waals surface area (Å²) in [6.45, 7) is 4.39. The van der Waals surface area contributed by atoms with Crippen molar-refractivity contribution in [2.75, 3.05) is 6.54 Å². The summed E-state index contributed by atoms with van der Waals surface area (Å²) in [5.74, 6) is 0.270. The van der Waals surface area contributed by atoms with Gasteiger partial charge in [0.1, 0.15) is 5.76 Å². The van der Waals surface area contributed by atoms with Gasteiger partial charge in [0, 0.05) is 0 Å². The lowest BCUT2D eigenvalue weighted by molar-refractivity contribution is 0.285. The zero-order valence-corrected chi connectivity index (χ0v) is 4.15. The minimum atomic E-state index is 0.194. The lowest BCUT2D eigenvalue weighted by Gasteiger charge is -2.25. The molecule has 0 unspecified atom stereocenters. The van der Waals surface area contributed by atoms with E-state index in [1.54, 1.807) is 0 Å². The van der Waals surface area contributed by atoms with E-state index in [2.05, 4.69) is 11.9 Å². The highest BCUT2D eigenvalue weighted by Gasteiger charge is 2.17. The van der Waals surface area contributed by atoms with Crippen molar-refractivity contribution in [1.82, 2.24) is 5.32 Å². The molecule has 40 valence electrons. The van der Waals surface area contributed by atoms with Crippen LogP contribution in [0.1, 0.15) is 6.42 Å². The number of aliphatic hydroxyl groups excluding tert-OH is 1. The summed E-state index contributed by atoms with van der Waals surface area (Å²) in [4.78, 5) is 0. The Morgan fingerprint density at radius 1 is 1.86 bits per heavy atom. The minimum absolute atomic E-state index is 0.194. The predicted molar refractivity (Wildman–Crippen MR) is 28.2 cm³/mol. The normalized spacial score (nSPS) is 28.9. The summed E-state index contributed by atoms with van der Waals surface area (Å²) in [6, 6.07) is 0.194. The van der Waals surface area contributed by atoms with Crippen LogP contribution in [0.4, 0.5) is 0 Å². The molecule has 0 amide bonds. The Kier molecular flexibility index (Phi) is 1.02. The molecule has 1 saturated heterocycles. The summed E-state index contributed by atoms with van der Waals surface area (Å²) in [5.41, 5.74) is 0. The van der Waals surface area contributed by atoms with Crippen LogP contribution in [0.15, 0.2) is 12.3 Å². The average molecular weight is 99.1 g/mol. The maximum atomic E-state index is 8.62. The van der Waals surface area contributed by atoms with E-state index in [0.717, 1.165) is 13.0 Å². The lowest BCUT2D eigenvalue weighted by atomic mass is 10.1. The van der Waals surface area contributed by atoms with Gasteiger partial charge in [0.15, 0.2) is 0 Å². The van der Waals surface area contributed by atoms with Crippen molar-refractivity contribution in [3.05, 3.63) is 12.3 Å². The van der Waals surface area contributed by atoms with Gasteiger partial charge in [-0.1, -0.05) is 6.58 Å². The van der Waals surface area contributed by atoms with Crippen LogP contribution < -0.4 is 5.32 Å². The molecule has 1 heterocycles. The molecule has 2 N–H and O–H groups in total. The van der Waals surface area contributed by atoms with E-state index in [0.29, 0.717) is 0 Å². The van der Waals surface area contributed by atoms with Crippen LogP contribution in [0.5, 0.6) is 0 Å². The maximum Gasteiger partial charge on any atom is 0.102 e. The highest BCUT2D eigenvalue weighted by atomic mass is 16.3. The van der Waals surface area contributed by atoms with Crippen LogP contribution in [-0.4, -0.2) is 17.7 Å². The van der Waals surface area contributed by atoms with Gasteiger partial charge in [-0.05, 0) is 13.0 Å². The van der Waals surface area contributed by atoms with Gasteiger partial charge in [-0.25, -0.2) is 0 Å². The molecule has 0 aliphatic carbocycles. The molecule has 1 rings (SSSR count). The van der Waals surface area contributed by atoms with Crippen LogP contribution in [0.3, 0.4) is 0 Å². The predicted octanol–water partition coefficient (Wildman–Crippen LogP) is 0.420. The van der Waals surface area contributed by atoms with Gasteiger partial charge in [-0.3, -0.25) is 0 Å². The molecule has 0 bridgehead atoms. The van der Waals surface area contributed by atoms with E-state index in [-0.39, 0.29) is 11.8 Å². The third-order valence-electron chi connectivity index (χ3n) is 1.23. The molecule has 0 aromatic carbocycles. The molecular weight excluding hydrogens is 90.1 g/mol. The van der Waals surface area contributed by atoms with E-state index in [1.165, 1.54) is 0 Å². The van der Waals surface area contributed by atoms with Crippen molar-refractivity contribution >= 4 is 0 Å². The van der Waals surface area contributed by atoms with Gasteiger partial charge in [-0.15, -0.1) is 0 Å². The summed E-state index contributed by atoms with van der Waals surface area (Å²) < 4.78 is 0. The van der Waals surface area contributed by atoms with E-state index >= 15 is 0 Å². The largest absolute Gasteiger partial charge is 0.511 e. The van der Waals surface area contributed by atoms with Crippen LogP contribution in [0.25, 0.3) is 0 Å². The number of aliphatic hydroxyl groups is 1. The van der Waals surface area contributed by atoms with Gasteiger partial charge in [0.05, 0.1) is 6.04 Å². The second-order valence-corrected chi connectivity index (χ2v) is 1.79.